The van der Waals surface area contributed by atoms with Gasteiger partial charge < -0.3 is 5.73 Å². The van der Waals surface area contributed by atoms with E-state index in [1.807, 2.05) is 6.07 Å². The predicted molar refractivity (Wildman–Crippen MR) is 78.4 cm³/mol. The van der Waals surface area contributed by atoms with Crippen molar-refractivity contribution in [3.63, 3.8) is 0 Å². The molecule has 1 aliphatic carbocycles. The quantitative estimate of drug-likeness (QED) is 0.622. The van der Waals surface area contributed by atoms with Crippen LogP contribution in [-0.4, -0.2) is 5.84 Å². The van der Waals surface area contributed by atoms with Crippen LogP contribution in [0.1, 0.15) is 57.4 Å². The number of benzene rings is 1. The molecule has 0 radical (unpaired) electrons. The van der Waals surface area contributed by atoms with Gasteiger partial charge in [-0.25, -0.2) is 4.99 Å². The molecule has 98 valence electrons. The van der Waals surface area contributed by atoms with E-state index in [1.165, 1.54) is 37.7 Å². The van der Waals surface area contributed by atoms with Crippen molar-refractivity contribution in [2.45, 2.75) is 51.9 Å². The van der Waals surface area contributed by atoms with Crippen LogP contribution in [0.15, 0.2) is 29.3 Å². The molecule has 0 bridgehead atoms. The van der Waals surface area contributed by atoms with Crippen molar-refractivity contribution in [2.24, 2.45) is 16.6 Å². The normalized spacial score (nSPS) is 18.3. The minimum atomic E-state index is 0.501. The number of hydrogen-bond acceptors (Lipinski definition) is 1. The Morgan fingerprint density at radius 2 is 1.94 bits per heavy atom. The molecule has 0 aromatic heterocycles. The van der Waals surface area contributed by atoms with Crippen LogP contribution in [0.2, 0.25) is 0 Å². The Bertz CT molecular complexity index is 415. The molecular formula is C16H24N2. The minimum Gasteiger partial charge on any atom is -0.387 e. The van der Waals surface area contributed by atoms with Crippen LogP contribution in [-0.2, 0) is 0 Å². The molecule has 0 unspecified atom stereocenters. The van der Waals surface area contributed by atoms with Gasteiger partial charge in [0.05, 0.1) is 5.69 Å². The van der Waals surface area contributed by atoms with Crippen LogP contribution in [0.3, 0.4) is 0 Å². The average molecular weight is 244 g/mol. The van der Waals surface area contributed by atoms with E-state index in [-0.39, 0.29) is 0 Å². The molecule has 0 heterocycles. The van der Waals surface area contributed by atoms with Crippen molar-refractivity contribution in [3.8, 4) is 0 Å². The molecule has 1 aromatic carbocycles. The number of amidine groups is 1. The first-order chi connectivity index (χ1) is 8.66. The highest BCUT2D eigenvalue weighted by Crippen LogP contribution is 2.26. The summed E-state index contributed by atoms with van der Waals surface area (Å²) in [5, 5.41) is 0. The summed E-state index contributed by atoms with van der Waals surface area (Å²) in [5.41, 5.74) is 8.49. The number of aliphatic imine (C=N–C) groups is 1. The zero-order valence-electron chi connectivity index (χ0n) is 11.5. The summed E-state index contributed by atoms with van der Waals surface area (Å²) in [6.07, 6.45) is 6.37. The summed E-state index contributed by atoms with van der Waals surface area (Å²) < 4.78 is 0. The van der Waals surface area contributed by atoms with Crippen molar-refractivity contribution in [1.82, 2.24) is 0 Å². The Hall–Kier alpha value is -1.31. The SMILES string of the molecule is CC(C)c1cccc(N=C(N)C2CCCCC2)c1. The fraction of sp³-hybridized carbons (Fsp3) is 0.562. The number of nitrogens with zero attached hydrogens (tertiary/aromatic N) is 1. The monoisotopic (exact) mass is 244 g/mol. The third kappa shape index (κ3) is 3.34. The third-order valence-electron chi connectivity index (χ3n) is 3.82. The predicted octanol–water partition coefficient (Wildman–Crippen LogP) is 4.38. The van der Waals surface area contributed by atoms with Gasteiger partial charge in [-0.3, -0.25) is 0 Å². The Balaban J connectivity index is 2.13. The van der Waals surface area contributed by atoms with Gasteiger partial charge in [-0.05, 0) is 36.5 Å². The number of rotatable bonds is 3. The van der Waals surface area contributed by atoms with Crippen molar-refractivity contribution in [3.05, 3.63) is 29.8 Å². The van der Waals surface area contributed by atoms with E-state index >= 15 is 0 Å². The number of hydrogen-bond donors (Lipinski definition) is 1. The highest BCUT2D eigenvalue weighted by molar-refractivity contribution is 5.85. The van der Waals surface area contributed by atoms with Crippen LogP contribution < -0.4 is 5.73 Å². The number of nitrogens with two attached hydrogens (primary N) is 1. The highest BCUT2D eigenvalue weighted by atomic mass is 14.9. The Kier molecular flexibility index (Phi) is 4.40. The van der Waals surface area contributed by atoms with Crippen LogP contribution in [0, 0.1) is 5.92 Å². The van der Waals surface area contributed by atoms with Crippen molar-refractivity contribution in [1.29, 1.82) is 0 Å². The summed E-state index contributed by atoms with van der Waals surface area (Å²) in [7, 11) is 0. The molecule has 2 nitrogen and oxygen atoms in total. The maximum atomic E-state index is 6.16. The molecule has 2 rings (SSSR count). The summed E-state index contributed by atoms with van der Waals surface area (Å²) in [5.74, 6) is 1.87. The zero-order valence-corrected chi connectivity index (χ0v) is 11.5. The largest absolute Gasteiger partial charge is 0.387 e. The van der Waals surface area contributed by atoms with Gasteiger partial charge in [0.15, 0.2) is 0 Å². The second kappa shape index (κ2) is 6.03. The topological polar surface area (TPSA) is 38.4 Å². The third-order valence-corrected chi connectivity index (χ3v) is 3.82. The first kappa shape index (κ1) is 13.1. The van der Waals surface area contributed by atoms with Crippen LogP contribution in [0.4, 0.5) is 5.69 Å². The molecule has 0 spiro atoms. The van der Waals surface area contributed by atoms with Gasteiger partial charge in [0.25, 0.3) is 0 Å². The van der Waals surface area contributed by atoms with Crippen molar-refractivity contribution < 1.29 is 0 Å². The van der Waals surface area contributed by atoms with Gasteiger partial charge in [0.1, 0.15) is 5.84 Å². The molecule has 0 saturated heterocycles. The van der Waals surface area contributed by atoms with E-state index in [4.69, 9.17) is 5.73 Å². The fourth-order valence-corrected chi connectivity index (χ4v) is 2.59. The molecule has 0 aliphatic heterocycles. The molecular weight excluding hydrogens is 220 g/mol. The van der Waals surface area contributed by atoms with E-state index in [2.05, 4.69) is 37.0 Å². The second-order valence-electron chi connectivity index (χ2n) is 5.62. The molecule has 2 N–H and O–H groups in total. The van der Waals surface area contributed by atoms with Gasteiger partial charge in [-0.15, -0.1) is 0 Å². The Morgan fingerprint density at radius 3 is 2.61 bits per heavy atom. The summed E-state index contributed by atoms with van der Waals surface area (Å²) in [6.45, 7) is 4.40. The van der Waals surface area contributed by atoms with Gasteiger partial charge in [-0.2, -0.15) is 0 Å². The van der Waals surface area contributed by atoms with Gasteiger partial charge >= 0.3 is 0 Å². The summed E-state index contributed by atoms with van der Waals surface area (Å²) in [6, 6.07) is 8.42. The standard InChI is InChI=1S/C16H24N2/c1-12(2)14-9-6-10-15(11-14)18-16(17)13-7-4-3-5-8-13/h6,9-13H,3-5,7-8H2,1-2H3,(H2,17,18). The smallest absolute Gasteiger partial charge is 0.103 e. The first-order valence-electron chi connectivity index (χ1n) is 7.11. The van der Waals surface area contributed by atoms with Crippen LogP contribution in [0.5, 0.6) is 0 Å². The molecule has 0 amide bonds. The van der Waals surface area contributed by atoms with Crippen LogP contribution >= 0.6 is 0 Å². The van der Waals surface area contributed by atoms with Crippen molar-refractivity contribution >= 4 is 11.5 Å². The zero-order chi connectivity index (χ0) is 13.0. The lowest BCUT2D eigenvalue weighted by atomic mass is 9.88. The fourth-order valence-electron chi connectivity index (χ4n) is 2.59. The van der Waals surface area contributed by atoms with E-state index in [9.17, 15) is 0 Å². The lowest BCUT2D eigenvalue weighted by molar-refractivity contribution is 0.437. The molecule has 1 aromatic rings. The summed E-state index contributed by atoms with van der Waals surface area (Å²) in [4.78, 5) is 4.62. The molecule has 18 heavy (non-hydrogen) atoms. The lowest BCUT2D eigenvalue weighted by Crippen LogP contribution is -2.25. The molecule has 0 atom stereocenters. The van der Waals surface area contributed by atoms with Crippen molar-refractivity contribution in [2.75, 3.05) is 0 Å². The maximum absolute atomic E-state index is 6.16. The van der Waals surface area contributed by atoms with E-state index in [1.54, 1.807) is 0 Å². The molecule has 2 heteroatoms. The maximum Gasteiger partial charge on any atom is 0.103 e. The average Bonchev–Trinajstić information content (AvgIpc) is 2.40. The molecule has 1 aliphatic rings. The van der Waals surface area contributed by atoms with Gasteiger partial charge in [-0.1, -0.05) is 45.2 Å². The molecule has 1 saturated carbocycles. The van der Waals surface area contributed by atoms with E-state index in [0.717, 1.165) is 11.5 Å². The minimum absolute atomic E-state index is 0.501. The van der Waals surface area contributed by atoms with E-state index < -0.39 is 0 Å². The Labute approximate surface area is 110 Å². The highest BCUT2D eigenvalue weighted by Gasteiger charge is 2.16. The van der Waals surface area contributed by atoms with Gasteiger partial charge in [0, 0.05) is 5.92 Å². The van der Waals surface area contributed by atoms with Gasteiger partial charge in [0.2, 0.25) is 0 Å². The van der Waals surface area contributed by atoms with E-state index in [0.29, 0.717) is 11.8 Å². The molecule has 1 fully saturated rings. The lowest BCUT2D eigenvalue weighted by Gasteiger charge is -2.20. The second-order valence-corrected chi connectivity index (χ2v) is 5.62. The first-order valence-corrected chi connectivity index (χ1v) is 7.11. The summed E-state index contributed by atoms with van der Waals surface area (Å²) >= 11 is 0. The van der Waals surface area contributed by atoms with Crippen LogP contribution in [0.25, 0.3) is 0 Å². The Morgan fingerprint density at radius 1 is 1.22 bits per heavy atom.